The van der Waals surface area contributed by atoms with Gasteiger partial charge in [-0.15, -0.1) is 0 Å². The molecule has 1 fully saturated rings. The molecule has 3 rings (SSSR count). The second-order valence-electron chi connectivity index (χ2n) is 17.1. The molecule has 314 valence electrons. The third kappa shape index (κ3) is 16.0. The van der Waals surface area contributed by atoms with Crippen LogP contribution in [0.3, 0.4) is 0 Å². The van der Waals surface area contributed by atoms with E-state index >= 15 is 0 Å². The van der Waals surface area contributed by atoms with Crippen LogP contribution < -0.4 is 16.0 Å². The predicted molar refractivity (Wildman–Crippen MR) is 220 cm³/mol. The standard InChI is InChI=1S/C45H66N4O8/c1-9-56-42(54)45(8)23-25-49(30-45)41(53)36(22-16-17-24-46-43(55)57-44(5,6)7)47-40(52)35(26-31(2)3)29-38(50)37(28-34-20-14-11-15-21-34)48-39(51)32(4)27-33-18-12-10-13-19-33/h10-15,18-21,31-32,35-37H,9,16-17,22-30H2,1-8H3,(H,46,55)(H,47,52)(H,48,51)/t32-,35+,36-,37-,45?/m1/s1. The van der Waals surface area contributed by atoms with Crippen molar-refractivity contribution >= 4 is 35.6 Å². The minimum absolute atomic E-state index is 0.0542. The van der Waals surface area contributed by atoms with Gasteiger partial charge >= 0.3 is 12.1 Å². The number of nitrogens with zero attached hydrogens (tertiary/aromatic N) is 1. The molecule has 2 aromatic rings. The fourth-order valence-corrected chi connectivity index (χ4v) is 7.07. The number of benzene rings is 2. The Morgan fingerprint density at radius 3 is 2.00 bits per heavy atom. The first-order valence-corrected chi connectivity index (χ1v) is 20.5. The van der Waals surface area contributed by atoms with Crippen LogP contribution in [0.2, 0.25) is 0 Å². The van der Waals surface area contributed by atoms with Crippen LogP contribution in [0.4, 0.5) is 4.79 Å². The lowest BCUT2D eigenvalue weighted by Gasteiger charge is -2.28. The summed E-state index contributed by atoms with van der Waals surface area (Å²) in [4.78, 5) is 82.6. The summed E-state index contributed by atoms with van der Waals surface area (Å²) < 4.78 is 10.6. The molecule has 1 aliphatic heterocycles. The van der Waals surface area contributed by atoms with Gasteiger partial charge in [0.25, 0.3) is 0 Å². The maximum absolute atomic E-state index is 14.2. The van der Waals surface area contributed by atoms with Gasteiger partial charge in [-0.2, -0.15) is 0 Å². The zero-order chi connectivity index (χ0) is 42.2. The van der Waals surface area contributed by atoms with Crippen LogP contribution in [0.15, 0.2) is 60.7 Å². The monoisotopic (exact) mass is 790 g/mol. The van der Waals surface area contributed by atoms with Crippen LogP contribution in [-0.2, 0) is 46.3 Å². The molecular formula is C45H66N4O8. The molecule has 4 amide bonds. The average molecular weight is 791 g/mol. The van der Waals surface area contributed by atoms with Gasteiger partial charge in [0.1, 0.15) is 11.6 Å². The predicted octanol–water partition coefficient (Wildman–Crippen LogP) is 6.20. The lowest BCUT2D eigenvalue weighted by atomic mass is 9.87. The molecule has 0 radical (unpaired) electrons. The summed E-state index contributed by atoms with van der Waals surface area (Å²) in [6.07, 6.45) is 2.24. The van der Waals surface area contributed by atoms with Gasteiger partial charge in [-0.05, 0) is 96.6 Å². The van der Waals surface area contributed by atoms with Crippen molar-refractivity contribution in [1.82, 2.24) is 20.9 Å². The lowest BCUT2D eigenvalue weighted by Crippen LogP contribution is -2.51. The lowest BCUT2D eigenvalue weighted by molar-refractivity contribution is -0.154. The van der Waals surface area contributed by atoms with Gasteiger partial charge in [-0.3, -0.25) is 24.0 Å². The molecule has 57 heavy (non-hydrogen) atoms. The number of hydrogen-bond donors (Lipinski definition) is 3. The molecule has 1 unspecified atom stereocenters. The Labute approximate surface area is 339 Å². The number of ketones is 1. The Hall–Kier alpha value is -4.74. The van der Waals surface area contributed by atoms with Crippen LogP contribution in [0.5, 0.6) is 0 Å². The number of alkyl carbamates (subject to hydrolysis) is 1. The number of carbonyl (C=O) groups is 6. The molecule has 0 spiro atoms. The first kappa shape index (κ1) is 46.6. The number of hydrogen-bond acceptors (Lipinski definition) is 8. The minimum atomic E-state index is -0.924. The van der Waals surface area contributed by atoms with Crippen molar-refractivity contribution in [2.75, 3.05) is 26.2 Å². The molecule has 5 atom stereocenters. The van der Waals surface area contributed by atoms with Gasteiger partial charge in [-0.25, -0.2) is 4.79 Å². The highest BCUT2D eigenvalue weighted by molar-refractivity contribution is 5.94. The smallest absolute Gasteiger partial charge is 0.407 e. The fourth-order valence-electron chi connectivity index (χ4n) is 7.07. The number of nitrogens with one attached hydrogen (secondary N) is 3. The Kier molecular flexibility index (Phi) is 18.2. The summed E-state index contributed by atoms with van der Waals surface area (Å²) in [5.74, 6) is -2.71. The number of carbonyl (C=O) groups excluding carboxylic acids is 6. The van der Waals surface area contributed by atoms with Gasteiger partial charge in [0.15, 0.2) is 5.78 Å². The van der Waals surface area contributed by atoms with E-state index in [2.05, 4.69) is 16.0 Å². The van der Waals surface area contributed by atoms with E-state index in [-0.39, 0.29) is 61.9 Å². The molecule has 1 heterocycles. The van der Waals surface area contributed by atoms with E-state index in [0.717, 1.165) is 11.1 Å². The van der Waals surface area contributed by atoms with Gasteiger partial charge in [0.2, 0.25) is 17.7 Å². The number of likely N-dealkylation sites (tertiary alicyclic amines) is 1. The minimum Gasteiger partial charge on any atom is -0.466 e. The Morgan fingerprint density at radius 2 is 1.42 bits per heavy atom. The molecule has 3 N–H and O–H groups in total. The van der Waals surface area contributed by atoms with Crippen molar-refractivity contribution < 1.29 is 38.2 Å². The van der Waals surface area contributed by atoms with Crippen molar-refractivity contribution in [2.24, 2.45) is 23.2 Å². The number of amides is 4. The third-order valence-corrected chi connectivity index (χ3v) is 10.2. The summed E-state index contributed by atoms with van der Waals surface area (Å²) in [5, 5.41) is 8.73. The highest BCUT2D eigenvalue weighted by Crippen LogP contribution is 2.32. The highest BCUT2D eigenvalue weighted by atomic mass is 16.6. The van der Waals surface area contributed by atoms with Crippen molar-refractivity contribution in [3.8, 4) is 0 Å². The van der Waals surface area contributed by atoms with E-state index in [9.17, 15) is 28.8 Å². The maximum Gasteiger partial charge on any atom is 0.407 e. The first-order chi connectivity index (χ1) is 26.9. The summed E-state index contributed by atoms with van der Waals surface area (Å²) in [6.45, 7) is 15.7. The molecular weight excluding hydrogens is 725 g/mol. The molecule has 0 saturated carbocycles. The SMILES string of the molecule is CCOC(=O)C1(C)CCN(C(=O)[C@@H](CCCCNC(=O)OC(C)(C)C)NC(=O)[C@H](CC(=O)[C@@H](Cc2ccccc2)NC(=O)[C@H](C)Cc2ccccc2)CC(C)C)C1. The summed E-state index contributed by atoms with van der Waals surface area (Å²) in [6, 6.07) is 17.4. The molecule has 0 aromatic heterocycles. The Balaban J connectivity index is 1.79. The fraction of sp³-hybridized carbons (Fsp3) is 0.600. The van der Waals surface area contributed by atoms with Gasteiger partial charge in [0.05, 0.1) is 18.1 Å². The van der Waals surface area contributed by atoms with E-state index in [4.69, 9.17) is 9.47 Å². The van der Waals surface area contributed by atoms with Gasteiger partial charge in [-0.1, -0.05) is 81.4 Å². The maximum atomic E-state index is 14.2. The second kappa shape index (κ2) is 22.3. The molecule has 2 aromatic carbocycles. The molecule has 12 nitrogen and oxygen atoms in total. The number of ether oxygens (including phenoxy) is 2. The topological polar surface area (TPSA) is 160 Å². The van der Waals surface area contributed by atoms with E-state index in [1.165, 1.54) is 0 Å². The van der Waals surface area contributed by atoms with E-state index in [1.807, 2.05) is 81.4 Å². The molecule has 0 bridgehead atoms. The number of rotatable bonds is 21. The van der Waals surface area contributed by atoms with E-state index in [1.54, 1.807) is 39.5 Å². The van der Waals surface area contributed by atoms with Crippen LogP contribution in [0.1, 0.15) is 105 Å². The molecule has 1 aliphatic rings. The Morgan fingerprint density at radius 1 is 0.825 bits per heavy atom. The third-order valence-electron chi connectivity index (χ3n) is 10.2. The normalized spacial score (nSPS) is 17.5. The quantitative estimate of drug-likeness (QED) is 0.0997. The first-order valence-electron chi connectivity index (χ1n) is 20.5. The number of unbranched alkanes of at least 4 members (excludes halogenated alkanes) is 1. The summed E-state index contributed by atoms with van der Waals surface area (Å²) >= 11 is 0. The van der Waals surface area contributed by atoms with Crippen LogP contribution in [0.25, 0.3) is 0 Å². The van der Waals surface area contributed by atoms with E-state index < -0.39 is 46.9 Å². The summed E-state index contributed by atoms with van der Waals surface area (Å²) in [7, 11) is 0. The largest absolute Gasteiger partial charge is 0.466 e. The average Bonchev–Trinajstić information content (AvgIpc) is 3.56. The second-order valence-corrected chi connectivity index (χ2v) is 17.1. The van der Waals surface area contributed by atoms with Crippen molar-refractivity contribution in [3.63, 3.8) is 0 Å². The highest BCUT2D eigenvalue weighted by Gasteiger charge is 2.44. The van der Waals surface area contributed by atoms with Gasteiger partial charge < -0.3 is 30.3 Å². The van der Waals surface area contributed by atoms with Crippen LogP contribution in [-0.4, -0.2) is 84.4 Å². The van der Waals surface area contributed by atoms with E-state index in [0.29, 0.717) is 45.2 Å². The number of Topliss-reactive ketones (excluding diaryl/α,β-unsaturated/α-hetero) is 1. The summed E-state index contributed by atoms with van der Waals surface area (Å²) in [5.41, 5.74) is 0.397. The van der Waals surface area contributed by atoms with Crippen molar-refractivity contribution in [1.29, 1.82) is 0 Å². The van der Waals surface area contributed by atoms with Crippen molar-refractivity contribution in [2.45, 2.75) is 124 Å². The van der Waals surface area contributed by atoms with Gasteiger partial charge in [0, 0.05) is 37.9 Å². The van der Waals surface area contributed by atoms with Crippen LogP contribution in [0, 0.1) is 23.2 Å². The zero-order valence-electron chi connectivity index (χ0n) is 35.4. The van der Waals surface area contributed by atoms with Crippen molar-refractivity contribution in [3.05, 3.63) is 71.8 Å². The number of esters is 1. The Bertz CT molecular complexity index is 1630. The zero-order valence-corrected chi connectivity index (χ0v) is 35.4. The molecule has 0 aliphatic carbocycles. The molecule has 12 heteroatoms. The van der Waals surface area contributed by atoms with Crippen LogP contribution >= 0.6 is 0 Å². The molecule has 1 saturated heterocycles.